The summed E-state index contributed by atoms with van der Waals surface area (Å²) >= 11 is 0. The maximum absolute atomic E-state index is 12.4. The summed E-state index contributed by atoms with van der Waals surface area (Å²) in [5, 5.41) is 2.83. The molecule has 0 aliphatic carbocycles. The van der Waals surface area contributed by atoms with Crippen LogP contribution in [0.1, 0.15) is 42.3 Å². The highest BCUT2D eigenvalue weighted by Gasteiger charge is 2.20. The number of aryl methyl sites for hydroxylation is 2. The molecule has 2 aromatic carbocycles. The summed E-state index contributed by atoms with van der Waals surface area (Å²) in [7, 11) is 0. The van der Waals surface area contributed by atoms with Crippen LogP contribution in [0, 0.1) is 13.8 Å². The van der Waals surface area contributed by atoms with Crippen molar-refractivity contribution in [2.45, 2.75) is 46.8 Å². The van der Waals surface area contributed by atoms with Gasteiger partial charge in [-0.3, -0.25) is 4.79 Å². The molecule has 1 amide bonds. The van der Waals surface area contributed by atoms with E-state index in [4.69, 9.17) is 9.47 Å². The van der Waals surface area contributed by atoms with Crippen LogP contribution < -0.4 is 10.1 Å². The Bertz CT molecular complexity index is 761. The second-order valence-corrected chi connectivity index (χ2v) is 6.49. The van der Waals surface area contributed by atoms with E-state index >= 15 is 0 Å². The summed E-state index contributed by atoms with van der Waals surface area (Å²) in [4.78, 5) is 24.6. The van der Waals surface area contributed by atoms with E-state index in [1.165, 1.54) is 0 Å². The van der Waals surface area contributed by atoms with Crippen LogP contribution in [-0.4, -0.2) is 24.1 Å². The SMILES string of the molecule is Cc1cccc(C)c1NC(=O)[C@@H](C)OC(=O)c1ccc(OC(C)C)cc1. The number of benzene rings is 2. The molecule has 0 saturated carbocycles. The molecule has 0 heterocycles. The van der Waals surface area contributed by atoms with Crippen LogP contribution in [0.2, 0.25) is 0 Å². The van der Waals surface area contributed by atoms with Gasteiger partial charge in [0.1, 0.15) is 5.75 Å². The lowest BCUT2D eigenvalue weighted by Gasteiger charge is -2.16. The molecule has 138 valence electrons. The minimum atomic E-state index is -0.909. The highest BCUT2D eigenvalue weighted by Crippen LogP contribution is 2.20. The number of rotatable bonds is 6. The van der Waals surface area contributed by atoms with Crippen LogP contribution in [0.3, 0.4) is 0 Å². The molecule has 1 atom stereocenters. The number of nitrogens with one attached hydrogen (secondary N) is 1. The van der Waals surface area contributed by atoms with Gasteiger partial charge in [0.15, 0.2) is 6.10 Å². The molecule has 0 aromatic heterocycles. The summed E-state index contributed by atoms with van der Waals surface area (Å²) in [5.41, 5.74) is 3.03. The van der Waals surface area contributed by atoms with Crippen molar-refractivity contribution in [1.29, 1.82) is 0 Å². The summed E-state index contributed by atoms with van der Waals surface area (Å²) in [5.74, 6) is -0.238. The zero-order valence-electron chi connectivity index (χ0n) is 15.8. The van der Waals surface area contributed by atoms with Crippen molar-refractivity contribution in [2.75, 3.05) is 5.32 Å². The van der Waals surface area contributed by atoms with Gasteiger partial charge in [-0.15, -0.1) is 0 Å². The van der Waals surface area contributed by atoms with Gasteiger partial charge in [-0.1, -0.05) is 18.2 Å². The highest BCUT2D eigenvalue weighted by atomic mass is 16.5. The standard InChI is InChI=1S/C21H25NO4/c1-13(2)25-18-11-9-17(10-12-18)21(24)26-16(5)20(23)22-19-14(3)7-6-8-15(19)4/h6-13,16H,1-5H3,(H,22,23)/t16-/m1/s1. The Morgan fingerprint density at radius 3 is 2.04 bits per heavy atom. The molecular weight excluding hydrogens is 330 g/mol. The van der Waals surface area contributed by atoms with E-state index in [0.29, 0.717) is 11.3 Å². The predicted octanol–water partition coefficient (Wildman–Crippen LogP) is 4.27. The van der Waals surface area contributed by atoms with Crippen molar-refractivity contribution in [3.8, 4) is 5.75 Å². The number of esters is 1. The monoisotopic (exact) mass is 355 g/mol. The first-order valence-electron chi connectivity index (χ1n) is 8.62. The number of carbonyl (C=O) groups is 2. The summed E-state index contributed by atoms with van der Waals surface area (Å²) in [6, 6.07) is 12.4. The van der Waals surface area contributed by atoms with E-state index in [1.54, 1.807) is 31.2 Å². The Morgan fingerprint density at radius 1 is 0.923 bits per heavy atom. The molecule has 0 unspecified atom stereocenters. The topological polar surface area (TPSA) is 64.6 Å². The smallest absolute Gasteiger partial charge is 0.338 e. The van der Waals surface area contributed by atoms with E-state index in [1.807, 2.05) is 45.9 Å². The minimum absolute atomic E-state index is 0.0569. The van der Waals surface area contributed by atoms with Crippen molar-refractivity contribution in [1.82, 2.24) is 0 Å². The van der Waals surface area contributed by atoms with Crippen molar-refractivity contribution in [3.63, 3.8) is 0 Å². The van der Waals surface area contributed by atoms with Gasteiger partial charge in [-0.25, -0.2) is 4.79 Å². The number of ether oxygens (including phenoxy) is 2. The zero-order valence-corrected chi connectivity index (χ0v) is 15.8. The number of hydrogen-bond donors (Lipinski definition) is 1. The molecule has 0 fully saturated rings. The fraction of sp³-hybridized carbons (Fsp3) is 0.333. The fourth-order valence-electron chi connectivity index (χ4n) is 2.46. The average Bonchev–Trinajstić information content (AvgIpc) is 2.58. The van der Waals surface area contributed by atoms with Crippen LogP contribution in [-0.2, 0) is 9.53 Å². The molecule has 5 nitrogen and oxygen atoms in total. The quantitative estimate of drug-likeness (QED) is 0.786. The molecule has 2 aromatic rings. The van der Waals surface area contributed by atoms with E-state index < -0.39 is 12.1 Å². The highest BCUT2D eigenvalue weighted by molar-refractivity contribution is 5.98. The van der Waals surface area contributed by atoms with Crippen molar-refractivity contribution in [3.05, 3.63) is 59.2 Å². The predicted molar refractivity (Wildman–Crippen MR) is 102 cm³/mol. The van der Waals surface area contributed by atoms with Gasteiger partial charge in [0, 0.05) is 5.69 Å². The van der Waals surface area contributed by atoms with Gasteiger partial charge in [-0.2, -0.15) is 0 Å². The third-order valence-corrected chi connectivity index (χ3v) is 3.84. The molecule has 0 aliphatic heterocycles. The third-order valence-electron chi connectivity index (χ3n) is 3.84. The largest absolute Gasteiger partial charge is 0.491 e. The Kier molecular flexibility index (Phi) is 6.39. The normalized spacial score (nSPS) is 11.8. The number of hydrogen-bond acceptors (Lipinski definition) is 4. The van der Waals surface area contributed by atoms with Crippen LogP contribution >= 0.6 is 0 Å². The Balaban J connectivity index is 1.98. The summed E-state index contributed by atoms with van der Waals surface area (Å²) in [6.45, 7) is 9.24. The number of para-hydroxylation sites is 1. The van der Waals surface area contributed by atoms with Crippen LogP contribution in [0.4, 0.5) is 5.69 Å². The van der Waals surface area contributed by atoms with Gasteiger partial charge in [0.2, 0.25) is 0 Å². The summed E-state index contributed by atoms with van der Waals surface area (Å²) in [6.07, 6.45) is -0.852. The second-order valence-electron chi connectivity index (χ2n) is 6.49. The Labute approximate surface area is 154 Å². The first-order valence-corrected chi connectivity index (χ1v) is 8.62. The maximum atomic E-state index is 12.4. The van der Waals surface area contributed by atoms with Gasteiger partial charge in [-0.05, 0) is 70.0 Å². The molecule has 5 heteroatoms. The summed E-state index contributed by atoms with van der Waals surface area (Å²) < 4.78 is 10.8. The Hall–Kier alpha value is -2.82. The first kappa shape index (κ1) is 19.5. The van der Waals surface area contributed by atoms with Crippen molar-refractivity contribution >= 4 is 17.6 Å². The van der Waals surface area contributed by atoms with E-state index in [0.717, 1.165) is 16.8 Å². The van der Waals surface area contributed by atoms with E-state index in [-0.39, 0.29) is 12.0 Å². The second kappa shape index (κ2) is 8.52. The molecule has 0 saturated heterocycles. The number of anilines is 1. The van der Waals surface area contributed by atoms with Crippen LogP contribution in [0.25, 0.3) is 0 Å². The molecule has 2 rings (SSSR count). The average molecular weight is 355 g/mol. The fourth-order valence-corrected chi connectivity index (χ4v) is 2.46. The van der Waals surface area contributed by atoms with Gasteiger partial charge in [0.05, 0.1) is 11.7 Å². The molecule has 1 N–H and O–H groups in total. The molecular formula is C21H25NO4. The lowest BCUT2D eigenvalue weighted by molar-refractivity contribution is -0.123. The van der Waals surface area contributed by atoms with Crippen molar-refractivity contribution in [2.24, 2.45) is 0 Å². The first-order chi connectivity index (χ1) is 12.3. The van der Waals surface area contributed by atoms with Crippen LogP contribution in [0.5, 0.6) is 5.75 Å². The zero-order chi connectivity index (χ0) is 19.3. The molecule has 26 heavy (non-hydrogen) atoms. The third kappa shape index (κ3) is 5.09. The lowest BCUT2D eigenvalue weighted by atomic mass is 10.1. The lowest BCUT2D eigenvalue weighted by Crippen LogP contribution is -2.30. The van der Waals surface area contributed by atoms with Crippen molar-refractivity contribution < 1.29 is 19.1 Å². The molecule has 0 bridgehead atoms. The minimum Gasteiger partial charge on any atom is -0.491 e. The van der Waals surface area contributed by atoms with Gasteiger partial charge in [0.25, 0.3) is 5.91 Å². The van der Waals surface area contributed by atoms with Gasteiger partial charge >= 0.3 is 5.97 Å². The molecule has 0 aliphatic rings. The number of amides is 1. The maximum Gasteiger partial charge on any atom is 0.338 e. The van der Waals surface area contributed by atoms with Crippen LogP contribution in [0.15, 0.2) is 42.5 Å². The number of carbonyl (C=O) groups excluding carboxylic acids is 2. The molecule has 0 spiro atoms. The van der Waals surface area contributed by atoms with E-state index in [9.17, 15) is 9.59 Å². The Morgan fingerprint density at radius 2 is 1.50 bits per heavy atom. The molecule has 0 radical (unpaired) electrons. The van der Waals surface area contributed by atoms with Gasteiger partial charge < -0.3 is 14.8 Å². The van der Waals surface area contributed by atoms with E-state index in [2.05, 4.69) is 5.32 Å².